The number of benzene rings is 1. The fourth-order valence-electron chi connectivity index (χ4n) is 2.84. The van der Waals surface area contributed by atoms with Crippen LogP contribution in [0.3, 0.4) is 0 Å². The van der Waals surface area contributed by atoms with Gasteiger partial charge in [-0.3, -0.25) is 4.79 Å². The summed E-state index contributed by atoms with van der Waals surface area (Å²) in [6, 6.07) is 12.5. The Morgan fingerprint density at radius 1 is 1.17 bits per heavy atom. The molecule has 1 heterocycles. The van der Waals surface area contributed by atoms with Crippen LogP contribution >= 0.6 is 11.6 Å². The minimum Gasteiger partial charge on any atom is -0.345 e. The molecule has 0 spiro atoms. The zero-order valence-corrected chi connectivity index (χ0v) is 15.4. The van der Waals surface area contributed by atoms with Gasteiger partial charge < -0.3 is 9.47 Å². The van der Waals surface area contributed by atoms with Gasteiger partial charge in [-0.2, -0.15) is 0 Å². The van der Waals surface area contributed by atoms with E-state index in [1.807, 2.05) is 11.0 Å². The number of amides is 1. The van der Waals surface area contributed by atoms with Crippen LogP contribution < -0.4 is 0 Å². The van der Waals surface area contributed by atoms with Gasteiger partial charge in [-0.25, -0.2) is 0 Å². The van der Waals surface area contributed by atoms with Crippen molar-refractivity contribution in [1.82, 2.24) is 9.47 Å². The van der Waals surface area contributed by atoms with E-state index >= 15 is 0 Å². The van der Waals surface area contributed by atoms with Crippen molar-refractivity contribution in [3.05, 3.63) is 59.4 Å². The summed E-state index contributed by atoms with van der Waals surface area (Å²) < 4.78 is 2.22. The summed E-state index contributed by atoms with van der Waals surface area (Å²) in [6.07, 6.45) is 5.39. The molecule has 1 aromatic heterocycles. The number of rotatable bonds is 9. The molecule has 1 amide bonds. The van der Waals surface area contributed by atoms with Crippen LogP contribution in [0.5, 0.6) is 0 Å². The van der Waals surface area contributed by atoms with Crippen LogP contribution in [-0.4, -0.2) is 27.8 Å². The van der Waals surface area contributed by atoms with Crippen LogP contribution in [-0.2, 0) is 17.9 Å². The third-order valence-corrected chi connectivity index (χ3v) is 4.61. The van der Waals surface area contributed by atoms with Crippen molar-refractivity contribution in [3.63, 3.8) is 0 Å². The highest BCUT2D eigenvalue weighted by molar-refractivity contribution is 6.27. The molecule has 0 fully saturated rings. The molecule has 0 saturated carbocycles. The van der Waals surface area contributed by atoms with Crippen molar-refractivity contribution in [2.45, 2.75) is 46.2 Å². The lowest BCUT2D eigenvalue weighted by molar-refractivity contribution is -0.129. The molecule has 2 rings (SSSR count). The second-order valence-electron chi connectivity index (χ2n) is 6.21. The minimum atomic E-state index is 0.0106. The maximum absolute atomic E-state index is 12.1. The van der Waals surface area contributed by atoms with E-state index in [9.17, 15) is 4.79 Å². The van der Waals surface area contributed by atoms with Gasteiger partial charge in [-0.1, -0.05) is 44.0 Å². The van der Waals surface area contributed by atoms with Crippen LogP contribution in [0.4, 0.5) is 0 Å². The summed E-state index contributed by atoms with van der Waals surface area (Å²) in [4.78, 5) is 14.0. The Hall–Kier alpha value is -1.74. The first kappa shape index (κ1) is 18.6. The lowest BCUT2D eigenvalue weighted by atomic mass is 10.1. The van der Waals surface area contributed by atoms with Gasteiger partial charge in [0.1, 0.15) is 5.88 Å². The van der Waals surface area contributed by atoms with Crippen LogP contribution in [0.15, 0.2) is 42.6 Å². The SMILES string of the molecule is CCCCCN(Cc1cccn1Cc1ccccc1C)C(=O)CCl. The molecule has 0 atom stereocenters. The van der Waals surface area contributed by atoms with E-state index in [1.165, 1.54) is 11.1 Å². The van der Waals surface area contributed by atoms with Gasteiger partial charge in [0.25, 0.3) is 0 Å². The Morgan fingerprint density at radius 3 is 2.67 bits per heavy atom. The average molecular weight is 347 g/mol. The number of nitrogens with zero attached hydrogens (tertiary/aromatic N) is 2. The molecule has 0 unspecified atom stereocenters. The molecule has 0 bridgehead atoms. The van der Waals surface area contributed by atoms with Gasteiger partial charge >= 0.3 is 0 Å². The molecule has 0 saturated heterocycles. The van der Waals surface area contributed by atoms with E-state index in [2.05, 4.69) is 54.9 Å². The maximum Gasteiger partial charge on any atom is 0.237 e. The number of aromatic nitrogens is 1. The molecule has 0 aliphatic rings. The first-order chi connectivity index (χ1) is 11.7. The smallest absolute Gasteiger partial charge is 0.237 e. The number of alkyl halides is 1. The van der Waals surface area contributed by atoms with Crippen molar-refractivity contribution < 1.29 is 4.79 Å². The summed E-state index contributed by atoms with van der Waals surface area (Å²) >= 11 is 5.79. The molecule has 0 radical (unpaired) electrons. The lowest BCUT2D eigenvalue weighted by Gasteiger charge is -2.23. The molecular weight excluding hydrogens is 320 g/mol. The highest BCUT2D eigenvalue weighted by Gasteiger charge is 2.14. The molecule has 1 aromatic carbocycles. The average Bonchev–Trinajstić information content (AvgIpc) is 3.02. The maximum atomic E-state index is 12.1. The molecule has 4 heteroatoms. The van der Waals surface area contributed by atoms with Gasteiger partial charge in [0.2, 0.25) is 5.91 Å². The van der Waals surface area contributed by atoms with Gasteiger partial charge in [0.15, 0.2) is 0 Å². The Bertz CT molecular complexity index is 651. The van der Waals surface area contributed by atoms with Crippen molar-refractivity contribution in [2.75, 3.05) is 12.4 Å². The second-order valence-corrected chi connectivity index (χ2v) is 6.48. The number of unbranched alkanes of at least 4 members (excludes halogenated alkanes) is 2. The molecule has 0 aliphatic carbocycles. The molecular formula is C20H27ClN2O. The molecule has 3 nitrogen and oxygen atoms in total. The predicted octanol–water partition coefficient (Wildman–Crippen LogP) is 4.60. The van der Waals surface area contributed by atoms with Crippen LogP contribution in [0, 0.1) is 6.92 Å². The van der Waals surface area contributed by atoms with Gasteiger partial charge in [-0.15, -0.1) is 11.6 Å². The molecule has 0 N–H and O–H groups in total. The zero-order chi connectivity index (χ0) is 17.4. The Kier molecular flexibility index (Phi) is 7.38. The zero-order valence-electron chi connectivity index (χ0n) is 14.7. The number of hydrogen-bond acceptors (Lipinski definition) is 1. The molecule has 0 aliphatic heterocycles. The largest absolute Gasteiger partial charge is 0.345 e. The summed E-state index contributed by atoms with van der Waals surface area (Å²) in [5.41, 5.74) is 3.73. The highest BCUT2D eigenvalue weighted by atomic mass is 35.5. The number of halogens is 1. The topological polar surface area (TPSA) is 25.2 Å². The fourth-order valence-corrected chi connectivity index (χ4v) is 3.01. The quantitative estimate of drug-likeness (QED) is 0.481. The van der Waals surface area contributed by atoms with Crippen molar-refractivity contribution in [3.8, 4) is 0 Å². The number of carbonyl (C=O) groups is 1. The van der Waals surface area contributed by atoms with E-state index < -0.39 is 0 Å². The standard InChI is InChI=1S/C20H27ClN2O/c1-3-4-7-12-23(20(24)14-21)16-19-11-8-13-22(19)15-18-10-6-5-9-17(18)2/h5-6,8-11,13H,3-4,7,12,14-16H2,1-2H3. The molecule has 2 aromatic rings. The number of hydrogen-bond donors (Lipinski definition) is 0. The first-order valence-electron chi connectivity index (χ1n) is 8.68. The third-order valence-electron chi connectivity index (χ3n) is 4.38. The summed E-state index contributed by atoms with van der Waals surface area (Å²) in [5.74, 6) is 0.0568. The van der Waals surface area contributed by atoms with E-state index in [-0.39, 0.29) is 11.8 Å². The second kappa shape index (κ2) is 9.53. The summed E-state index contributed by atoms with van der Waals surface area (Å²) in [5, 5.41) is 0. The predicted molar refractivity (Wildman–Crippen MR) is 100 cm³/mol. The number of carbonyl (C=O) groups excluding carboxylic acids is 1. The van der Waals surface area contributed by atoms with Crippen molar-refractivity contribution >= 4 is 17.5 Å². The van der Waals surface area contributed by atoms with Crippen LogP contribution in [0.25, 0.3) is 0 Å². The fraction of sp³-hybridized carbons (Fsp3) is 0.450. The van der Waals surface area contributed by atoms with Gasteiger partial charge in [0.05, 0.1) is 6.54 Å². The third kappa shape index (κ3) is 5.13. The number of aryl methyl sites for hydroxylation is 1. The first-order valence-corrected chi connectivity index (χ1v) is 9.21. The summed E-state index contributed by atoms with van der Waals surface area (Å²) in [7, 11) is 0. The molecule has 130 valence electrons. The van der Waals surface area contributed by atoms with E-state index in [0.29, 0.717) is 6.54 Å². The van der Waals surface area contributed by atoms with Crippen molar-refractivity contribution in [2.24, 2.45) is 0 Å². The van der Waals surface area contributed by atoms with E-state index in [0.717, 1.165) is 38.0 Å². The van der Waals surface area contributed by atoms with Crippen LogP contribution in [0.2, 0.25) is 0 Å². The lowest BCUT2D eigenvalue weighted by Crippen LogP contribution is -2.33. The van der Waals surface area contributed by atoms with E-state index in [4.69, 9.17) is 11.6 Å². The molecule has 24 heavy (non-hydrogen) atoms. The normalized spacial score (nSPS) is 10.8. The Labute approximate surface area is 150 Å². The minimum absolute atomic E-state index is 0.0106. The Morgan fingerprint density at radius 2 is 1.96 bits per heavy atom. The van der Waals surface area contributed by atoms with Gasteiger partial charge in [0, 0.05) is 25.0 Å². The van der Waals surface area contributed by atoms with E-state index in [1.54, 1.807) is 0 Å². The summed E-state index contributed by atoms with van der Waals surface area (Å²) in [6.45, 7) is 6.52. The van der Waals surface area contributed by atoms with Gasteiger partial charge in [-0.05, 0) is 36.6 Å². The van der Waals surface area contributed by atoms with Crippen molar-refractivity contribution in [1.29, 1.82) is 0 Å². The monoisotopic (exact) mass is 346 g/mol. The Balaban J connectivity index is 2.09. The highest BCUT2D eigenvalue weighted by Crippen LogP contribution is 2.14. The van der Waals surface area contributed by atoms with Crippen LogP contribution in [0.1, 0.15) is 43.0 Å².